The summed E-state index contributed by atoms with van der Waals surface area (Å²) in [7, 11) is -3.64. The number of ether oxygens (including phenoxy) is 1. The van der Waals surface area contributed by atoms with Gasteiger partial charge in [-0.1, -0.05) is 18.7 Å². The molecular formula is C9H12O5S3. The predicted molar refractivity (Wildman–Crippen MR) is 69.0 cm³/mol. The minimum Gasteiger partial charge on any atom is -0.501 e. The Bertz CT molecular complexity index is 449. The van der Waals surface area contributed by atoms with Crippen LogP contribution in [0.25, 0.3) is 0 Å². The Balaban J connectivity index is 2.55. The molecule has 1 aliphatic rings. The van der Waals surface area contributed by atoms with Gasteiger partial charge in [-0.2, -0.15) is 0 Å². The largest absolute Gasteiger partial charge is 0.501 e. The van der Waals surface area contributed by atoms with E-state index in [1.807, 2.05) is 6.92 Å². The van der Waals surface area contributed by atoms with Gasteiger partial charge < -0.3 is 9.84 Å². The van der Waals surface area contributed by atoms with E-state index in [1.165, 1.54) is 5.41 Å². The number of thioether (sulfide) groups is 2. The molecule has 0 aromatic rings. The zero-order chi connectivity index (χ0) is 12.9. The van der Waals surface area contributed by atoms with E-state index in [9.17, 15) is 13.2 Å². The summed E-state index contributed by atoms with van der Waals surface area (Å²) in [5.74, 6) is -1.42. The molecule has 0 saturated carbocycles. The van der Waals surface area contributed by atoms with Crippen molar-refractivity contribution >= 4 is 39.3 Å². The van der Waals surface area contributed by atoms with Crippen LogP contribution in [0.15, 0.2) is 20.1 Å². The van der Waals surface area contributed by atoms with E-state index in [0.29, 0.717) is 10.7 Å². The fourth-order valence-corrected chi connectivity index (χ4v) is 4.36. The van der Waals surface area contributed by atoms with Gasteiger partial charge in [0.25, 0.3) is 0 Å². The zero-order valence-corrected chi connectivity index (χ0v) is 11.5. The Kier molecular flexibility index (Phi) is 5.41. The van der Waals surface area contributed by atoms with Crippen LogP contribution < -0.4 is 0 Å². The van der Waals surface area contributed by atoms with E-state index >= 15 is 0 Å². The smallest absolute Gasteiger partial charge is 0.321 e. The van der Waals surface area contributed by atoms with Crippen molar-refractivity contribution in [2.45, 2.75) is 13.3 Å². The van der Waals surface area contributed by atoms with E-state index in [-0.39, 0.29) is 11.7 Å². The van der Waals surface area contributed by atoms with Crippen molar-refractivity contribution in [3.05, 3.63) is 20.1 Å². The standard InChI is InChI=1S/C9H12O5S3/c1-2-3-14-7(10)5-17(12,13)6-9-15-4-8(11)16-9/h4,6,11H,2-3,5H2,1H3. The quantitative estimate of drug-likeness (QED) is 0.777. The second kappa shape index (κ2) is 6.36. The fraction of sp³-hybridized carbons (Fsp3) is 0.444. The van der Waals surface area contributed by atoms with Crippen molar-refractivity contribution in [1.29, 1.82) is 0 Å². The summed E-state index contributed by atoms with van der Waals surface area (Å²) in [5, 5.41) is 11.5. The highest BCUT2D eigenvalue weighted by Gasteiger charge is 2.19. The van der Waals surface area contributed by atoms with Crippen LogP contribution in [0, 0.1) is 0 Å². The first-order valence-electron chi connectivity index (χ1n) is 4.76. The highest BCUT2D eigenvalue weighted by molar-refractivity contribution is 8.28. The number of carbonyl (C=O) groups excluding carboxylic acids is 1. The number of rotatable bonds is 5. The second-order valence-electron chi connectivity index (χ2n) is 3.14. The van der Waals surface area contributed by atoms with Crippen molar-refractivity contribution < 1.29 is 23.1 Å². The molecule has 0 radical (unpaired) electrons. The first-order valence-corrected chi connectivity index (χ1v) is 8.18. The number of aliphatic hydroxyl groups is 1. The average molecular weight is 296 g/mol. The van der Waals surface area contributed by atoms with Crippen LogP contribution in [0.4, 0.5) is 0 Å². The summed E-state index contributed by atoms with van der Waals surface area (Å²) in [4.78, 5) is 11.1. The van der Waals surface area contributed by atoms with Crippen molar-refractivity contribution in [3.63, 3.8) is 0 Å². The van der Waals surface area contributed by atoms with E-state index in [1.54, 1.807) is 0 Å². The van der Waals surface area contributed by atoms with Gasteiger partial charge in [0.2, 0.25) is 0 Å². The van der Waals surface area contributed by atoms with Gasteiger partial charge in [-0.25, -0.2) is 8.42 Å². The van der Waals surface area contributed by atoms with Gasteiger partial charge in [-0.3, -0.25) is 4.79 Å². The Hall–Kier alpha value is -0.600. The number of sulfone groups is 1. The molecule has 5 nitrogen and oxygen atoms in total. The number of carbonyl (C=O) groups is 1. The van der Waals surface area contributed by atoms with Gasteiger partial charge in [0.1, 0.15) is 0 Å². The van der Waals surface area contributed by atoms with Crippen LogP contribution in [0.5, 0.6) is 0 Å². The van der Waals surface area contributed by atoms with E-state index < -0.39 is 21.6 Å². The first-order chi connectivity index (χ1) is 7.93. The molecule has 96 valence electrons. The molecule has 0 unspecified atom stereocenters. The molecule has 8 heteroatoms. The summed E-state index contributed by atoms with van der Waals surface area (Å²) in [5.41, 5.74) is 0. The molecule has 0 atom stereocenters. The lowest BCUT2D eigenvalue weighted by molar-refractivity contribution is -0.140. The normalized spacial score (nSPS) is 18.2. The monoisotopic (exact) mass is 296 g/mol. The SMILES string of the molecule is CCCOC(=O)CS(=O)(=O)C=C1SC=C(O)S1. The molecule has 0 amide bonds. The van der Waals surface area contributed by atoms with Gasteiger partial charge in [0, 0.05) is 5.41 Å². The van der Waals surface area contributed by atoms with Crippen LogP contribution in [0.2, 0.25) is 0 Å². The minimum absolute atomic E-state index is 0.0463. The predicted octanol–water partition coefficient (Wildman–Crippen LogP) is 1.99. The molecule has 17 heavy (non-hydrogen) atoms. The summed E-state index contributed by atoms with van der Waals surface area (Å²) >= 11 is 2.05. The molecule has 1 N–H and O–H groups in total. The molecule has 1 rings (SSSR count). The lowest BCUT2D eigenvalue weighted by atomic mass is 10.5. The molecule has 0 saturated heterocycles. The fourth-order valence-electron chi connectivity index (χ4n) is 0.922. The lowest BCUT2D eigenvalue weighted by Crippen LogP contribution is -2.17. The molecule has 0 spiro atoms. The van der Waals surface area contributed by atoms with Crippen LogP contribution in [-0.2, 0) is 19.4 Å². The van der Waals surface area contributed by atoms with Gasteiger partial charge in [-0.15, -0.1) is 0 Å². The molecule has 1 aliphatic heterocycles. The summed E-state index contributed by atoms with van der Waals surface area (Å²) in [6, 6.07) is 0. The van der Waals surface area contributed by atoms with Crippen LogP contribution >= 0.6 is 23.5 Å². The number of aliphatic hydroxyl groups excluding tert-OH is 1. The molecule has 0 aliphatic carbocycles. The Morgan fingerprint density at radius 1 is 1.59 bits per heavy atom. The molecule has 0 bridgehead atoms. The van der Waals surface area contributed by atoms with E-state index in [2.05, 4.69) is 4.74 Å². The third-order valence-electron chi connectivity index (χ3n) is 1.54. The van der Waals surface area contributed by atoms with Crippen LogP contribution in [0.1, 0.15) is 13.3 Å². The van der Waals surface area contributed by atoms with Gasteiger partial charge in [0.05, 0.1) is 16.3 Å². The number of hydrogen-bond acceptors (Lipinski definition) is 7. The molecule has 0 aromatic heterocycles. The van der Waals surface area contributed by atoms with Crippen molar-refractivity contribution in [3.8, 4) is 0 Å². The maximum Gasteiger partial charge on any atom is 0.321 e. The third kappa shape index (κ3) is 5.51. The Morgan fingerprint density at radius 2 is 2.29 bits per heavy atom. The minimum atomic E-state index is -3.64. The molecular weight excluding hydrogens is 284 g/mol. The van der Waals surface area contributed by atoms with E-state index in [0.717, 1.165) is 28.9 Å². The van der Waals surface area contributed by atoms with Crippen molar-refractivity contribution in [1.82, 2.24) is 0 Å². The maximum atomic E-state index is 11.6. The highest BCUT2D eigenvalue weighted by Crippen LogP contribution is 2.42. The lowest BCUT2D eigenvalue weighted by Gasteiger charge is -2.02. The van der Waals surface area contributed by atoms with Gasteiger partial charge in [-0.05, 0) is 18.2 Å². The Labute approximate surface area is 108 Å². The zero-order valence-electron chi connectivity index (χ0n) is 9.08. The maximum absolute atomic E-state index is 11.6. The van der Waals surface area contributed by atoms with Crippen LogP contribution in [-0.4, -0.2) is 31.9 Å². The van der Waals surface area contributed by atoms with Crippen molar-refractivity contribution in [2.75, 3.05) is 12.4 Å². The third-order valence-corrected chi connectivity index (χ3v) is 5.10. The van der Waals surface area contributed by atoms with E-state index in [4.69, 9.17) is 5.11 Å². The molecule has 0 fully saturated rings. The Morgan fingerprint density at radius 3 is 2.82 bits per heavy atom. The molecule has 1 heterocycles. The summed E-state index contributed by atoms with van der Waals surface area (Å²) < 4.78 is 28.2. The molecule has 0 aromatic carbocycles. The van der Waals surface area contributed by atoms with Crippen molar-refractivity contribution in [2.24, 2.45) is 0 Å². The first kappa shape index (κ1) is 14.5. The average Bonchev–Trinajstić information content (AvgIpc) is 2.59. The highest BCUT2D eigenvalue weighted by atomic mass is 32.2. The topological polar surface area (TPSA) is 80.7 Å². The summed E-state index contributed by atoms with van der Waals surface area (Å²) in [6.45, 7) is 2.04. The number of hydrogen-bond donors (Lipinski definition) is 1. The van der Waals surface area contributed by atoms with Crippen LogP contribution in [0.3, 0.4) is 0 Å². The summed E-state index contributed by atoms with van der Waals surface area (Å²) in [6.07, 6.45) is 0.649. The number of esters is 1. The van der Waals surface area contributed by atoms with Gasteiger partial charge >= 0.3 is 5.97 Å². The second-order valence-corrected chi connectivity index (χ2v) is 7.22. The van der Waals surface area contributed by atoms with Gasteiger partial charge in [0.15, 0.2) is 20.7 Å².